The normalized spacial score (nSPS) is 10.9. The third kappa shape index (κ3) is 19.1. The summed E-state index contributed by atoms with van der Waals surface area (Å²) in [6.07, 6.45) is 24.8. The summed E-state index contributed by atoms with van der Waals surface area (Å²) in [5.41, 5.74) is 2.27. The molecule has 2 aromatic rings. The Bertz CT molecular complexity index is 1060. The van der Waals surface area contributed by atoms with Crippen LogP contribution in [0.2, 0.25) is 0 Å². The molecule has 0 aliphatic rings. The number of benzene rings is 2. The minimum Gasteiger partial charge on any atom is -0.494 e. The molecule has 5 nitrogen and oxygen atoms in total. The number of rotatable bonds is 27. The lowest BCUT2D eigenvalue weighted by molar-refractivity contribution is -0.139. The first-order chi connectivity index (χ1) is 22.0. The Labute approximate surface area is 274 Å². The van der Waals surface area contributed by atoms with Crippen LogP contribution in [0.15, 0.2) is 60.7 Å². The smallest absolute Gasteiger partial charge is 0.343 e. The van der Waals surface area contributed by atoms with E-state index in [2.05, 4.69) is 25.6 Å². The van der Waals surface area contributed by atoms with Crippen LogP contribution < -0.4 is 9.47 Å². The van der Waals surface area contributed by atoms with Crippen LogP contribution in [0.25, 0.3) is 0 Å². The fraction of sp³-hybridized carbons (Fsp3) is 0.600. The van der Waals surface area contributed by atoms with E-state index in [1.54, 1.807) is 19.1 Å². The van der Waals surface area contributed by atoms with E-state index in [1.165, 1.54) is 102 Å². The minimum atomic E-state index is -0.352. The maximum atomic E-state index is 12.6. The molecule has 0 bridgehead atoms. The van der Waals surface area contributed by atoms with Crippen LogP contribution in [0.5, 0.6) is 11.5 Å². The van der Waals surface area contributed by atoms with Crippen molar-refractivity contribution in [2.75, 3.05) is 13.2 Å². The summed E-state index contributed by atoms with van der Waals surface area (Å²) in [6.45, 7) is 8.70. The summed E-state index contributed by atoms with van der Waals surface area (Å²) in [4.78, 5) is 23.9. The van der Waals surface area contributed by atoms with Crippen molar-refractivity contribution in [3.8, 4) is 11.5 Å². The number of aryl methyl sites for hydroxylation is 1. The van der Waals surface area contributed by atoms with E-state index >= 15 is 0 Å². The zero-order chi connectivity index (χ0) is 32.4. The number of carbonyl (C=O) groups is 2. The third-order valence-corrected chi connectivity index (χ3v) is 8.18. The maximum absolute atomic E-state index is 12.6. The van der Waals surface area contributed by atoms with Gasteiger partial charge in [-0.25, -0.2) is 9.59 Å². The first kappa shape index (κ1) is 38.1. The molecule has 0 aromatic heterocycles. The third-order valence-electron chi connectivity index (χ3n) is 8.18. The lowest BCUT2D eigenvalue weighted by Gasteiger charge is -2.08. The van der Waals surface area contributed by atoms with Crippen molar-refractivity contribution < 1.29 is 23.8 Å². The van der Waals surface area contributed by atoms with Gasteiger partial charge in [-0.1, -0.05) is 128 Å². The summed E-state index contributed by atoms with van der Waals surface area (Å²) >= 11 is 0. The fourth-order valence-corrected chi connectivity index (χ4v) is 5.31. The van der Waals surface area contributed by atoms with E-state index in [0.717, 1.165) is 37.9 Å². The van der Waals surface area contributed by atoms with E-state index in [9.17, 15) is 9.59 Å². The molecular weight excluding hydrogens is 560 g/mol. The van der Waals surface area contributed by atoms with Gasteiger partial charge in [-0.15, -0.1) is 0 Å². The van der Waals surface area contributed by atoms with Gasteiger partial charge in [0.2, 0.25) is 0 Å². The monoisotopic (exact) mass is 620 g/mol. The average Bonchev–Trinajstić information content (AvgIpc) is 3.05. The Hall–Kier alpha value is -3.08. The van der Waals surface area contributed by atoms with Gasteiger partial charge in [0.1, 0.15) is 11.5 Å². The highest BCUT2D eigenvalue weighted by molar-refractivity contribution is 5.91. The van der Waals surface area contributed by atoms with Crippen molar-refractivity contribution in [2.45, 2.75) is 142 Å². The van der Waals surface area contributed by atoms with Gasteiger partial charge in [0, 0.05) is 5.57 Å². The Morgan fingerprint density at radius 1 is 0.578 bits per heavy atom. The minimum absolute atomic E-state index is 0.290. The van der Waals surface area contributed by atoms with E-state index in [4.69, 9.17) is 14.2 Å². The average molecular weight is 621 g/mol. The Balaban J connectivity index is 1.48. The summed E-state index contributed by atoms with van der Waals surface area (Å²) in [6, 6.07) is 15.1. The first-order valence-electron chi connectivity index (χ1n) is 17.9. The second-order valence-electron chi connectivity index (χ2n) is 12.4. The highest BCUT2D eigenvalue weighted by Gasteiger charge is 2.09. The van der Waals surface area contributed by atoms with Gasteiger partial charge in [0.05, 0.1) is 18.8 Å². The van der Waals surface area contributed by atoms with Crippen LogP contribution in [-0.4, -0.2) is 25.2 Å². The van der Waals surface area contributed by atoms with Crippen LogP contribution in [0.4, 0.5) is 0 Å². The lowest BCUT2D eigenvalue weighted by atomic mass is 10.0. The molecule has 2 aromatic carbocycles. The molecule has 2 rings (SSSR count). The molecule has 0 heterocycles. The first-order valence-corrected chi connectivity index (χ1v) is 17.9. The predicted molar refractivity (Wildman–Crippen MR) is 186 cm³/mol. The molecule has 0 aliphatic carbocycles. The van der Waals surface area contributed by atoms with Crippen molar-refractivity contribution in [3.63, 3.8) is 0 Å². The van der Waals surface area contributed by atoms with Gasteiger partial charge < -0.3 is 14.2 Å². The van der Waals surface area contributed by atoms with Crippen molar-refractivity contribution in [3.05, 3.63) is 71.8 Å². The van der Waals surface area contributed by atoms with Crippen LogP contribution in [0.3, 0.4) is 0 Å². The molecule has 250 valence electrons. The predicted octanol–water partition coefficient (Wildman–Crippen LogP) is 11.4. The Kier molecular flexibility index (Phi) is 21.3. The maximum Gasteiger partial charge on any atom is 0.343 e. The fourth-order valence-electron chi connectivity index (χ4n) is 5.31. The number of carbonyl (C=O) groups excluding carboxylic acids is 2. The molecule has 0 atom stereocenters. The molecule has 0 fully saturated rings. The summed E-state index contributed by atoms with van der Waals surface area (Å²) < 4.78 is 16.6. The molecule has 0 spiro atoms. The van der Waals surface area contributed by atoms with Gasteiger partial charge in [-0.3, -0.25) is 0 Å². The second-order valence-corrected chi connectivity index (χ2v) is 12.4. The van der Waals surface area contributed by atoms with Gasteiger partial charge in [0.15, 0.2) is 0 Å². The highest BCUT2D eigenvalue weighted by Crippen LogP contribution is 2.19. The van der Waals surface area contributed by atoms with Gasteiger partial charge in [-0.2, -0.15) is 0 Å². The van der Waals surface area contributed by atoms with E-state index in [-0.39, 0.29) is 11.9 Å². The van der Waals surface area contributed by atoms with Crippen LogP contribution in [-0.2, 0) is 16.0 Å². The molecule has 0 N–H and O–H groups in total. The molecule has 0 amide bonds. The standard InChI is InChI=1S/C40H60O5/c1-4-5-6-7-8-9-11-14-17-20-23-35-24-28-38(29-25-35)45-40(42)36-26-30-37(31-27-36)43-32-21-18-15-12-10-13-16-19-22-33-44-39(41)34(2)3/h24-31H,2,4-23,32-33H2,1,3H3. The summed E-state index contributed by atoms with van der Waals surface area (Å²) in [7, 11) is 0. The second kappa shape index (κ2) is 25.2. The molecule has 0 radical (unpaired) electrons. The van der Waals surface area contributed by atoms with E-state index < -0.39 is 0 Å². The Morgan fingerprint density at radius 2 is 1.04 bits per heavy atom. The van der Waals surface area contributed by atoms with Crippen molar-refractivity contribution in [2.24, 2.45) is 0 Å². The number of hydrogen-bond acceptors (Lipinski definition) is 5. The molecule has 0 saturated heterocycles. The summed E-state index contributed by atoms with van der Waals surface area (Å²) in [5, 5.41) is 0. The van der Waals surface area contributed by atoms with Gasteiger partial charge in [-0.05, 0) is 74.6 Å². The number of esters is 2. The molecule has 0 aliphatic heterocycles. The Morgan fingerprint density at radius 3 is 1.58 bits per heavy atom. The van der Waals surface area contributed by atoms with Crippen LogP contribution in [0, 0.1) is 0 Å². The lowest BCUT2D eigenvalue weighted by Crippen LogP contribution is -2.08. The van der Waals surface area contributed by atoms with Crippen LogP contribution >= 0.6 is 0 Å². The van der Waals surface area contributed by atoms with Crippen molar-refractivity contribution >= 4 is 11.9 Å². The summed E-state index contributed by atoms with van der Waals surface area (Å²) in [5.74, 6) is 0.711. The van der Waals surface area contributed by atoms with Crippen molar-refractivity contribution in [1.82, 2.24) is 0 Å². The molecule has 45 heavy (non-hydrogen) atoms. The number of hydrogen-bond donors (Lipinski definition) is 0. The number of unbranched alkanes of at least 4 members (excludes halogenated alkanes) is 17. The highest BCUT2D eigenvalue weighted by atomic mass is 16.5. The zero-order valence-corrected chi connectivity index (χ0v) is 28.4. The van der Waals surface area contributed by atoms with Gasteiger partial charge >= 0.3 is 11.9 Å². The van der Waals surface area contributed by atoms with E-state index in [1.807, 2.05) is 24.3 Å². The number of ether oxygens (including phenoxy) is 3. The van der Waals surface area contributed by atoms with E-state index in [0.29, 0.717) is 30.1 Å². The zero-order valence-electron chi connectivity index (χ0n) is 28.4. The topological polar surface area (TPSA) is 61.8 Å². The SMILES string of the molecule is C=C(C)C(=O)OCCCCCCCCCCCOc1ccc(C(=O)Oc2ccc(CCCCCCCCCCCC)cc2)cc1. The van der Waals surface area contributed by atoms with Crippen LogP contribution in [0.1, 0.15) is 152 Å². The largest absolute Gasteiger partial charge is 0.494 e. The van der Waals surface area contributed by atoms with Gasteiger partial charge in [0.25, 0.3) is 0 Å². The molecular formula is C40H60O5. The molecule has 0 saturated carbocycles. The molecule has 5 heteroatoms. The van der Waals surface area contributed by atoms with Crippen molar-refractivity contribution in [1.29, 1.82) is 0 Å². The molecule has 0 unspecified atom stereocenters. The quantitative estimate of drug-likeness (QED) is 0.0430.